The maximum absolute atomic E-state index is 12.7. The molecule has 0 radical (unpaired) electrons. The van der Waals surface area contributed by atoms with E-state index in [0.717, 1.165) is 11.4 Å². The van der Waals surface area contributed by atoms with Gasteiger partial charge < -0.3 is 19.7 Å². The van der Waals surface area contributed by atoms with Crippen LogP contribution in [0.25, 0.3) is 0 Å². The van der Waals surface area contributed by atoms with Crippen molar-refractivity contribution < 1.29 is 14.6 Å². The zero-order valence-corrected chi connectivity index (χ0v) is 16.1. The van der Waals surface area contributed by atoms with E-state index in [1.807, 2.05) is 26.0 Å². The monoisotopic (exact) mass is 383 g/mol. The van der Waals surface area contributed by atoms with Gasteiger partial charge in [0.05, 0.1) is 11.8 Å². The number of aryl methyl sites for hydroxylation is 2. The smallest absolute Gasteiger partial charge is 0.260 e. The Bertz CT molecular complexity index is 941. The number of rotatable bonds is 3. The number of aliphatic hydroxyl groups excluding tert-OH is 1. The zero-order valence-electron chi connectivity index (χ0n) is 16.1. The lowest BCUT2D eigenvalue weighted by atomic mass is 9.78. The molecule has 0 aromatic carbocycles. The van der Waals surface area contributed by atoms with Gasteiger partial charge in [0.25, 0.3) is 11.5 Å². The number of carbonyl (C=O) groups excluding carboxylic acids is 1. The summed E-state index contributed by atoms with van der Waals surface area (Å²) >= 11 is 0. The highest BCUT2D eigenvalue weighted by atomic mass is 16.5. The molecule has 2 aromatic rings. The number of pyridine rings is 2. The average molecular weight is 383 g/mol. The summed E-state index contributed by atoms with van der Waals surface area (Å²) in [6, 6.07) is 7.00. The van der Waals surface area contributed by atoms with Crippen LogP contribution in [0.5, 0.6) is 5.75 Å². The summed E-state index contributed by atoms with van der Waals surface area (Å²) < 4.78 is 6.09. The summed E-state index contributed by atoms with van der Waals surface area (Å²) in [6.07, 6.45) is 1.87. The Kier molecular flexibility index (Phi) is 4.93. The number of fused-ring (bicyclic) bond motifs is 1. The van der Waals surface area contributed by atoms with Crippen molar-refractivity contribution in [3.05, 3.63) is 57.8 Å². The Morgan fingerprint density at radius 1 is 1.21 bits per heavy atom. The lowest BCUT2D eigenvalue weighted by molar-refractivity contribution is -0.0236. The molecular formula is C21H25N3O4. The maximum Gasteiger partial charge on any atom is 0.260 e. The van der Waals surface area contributed by atoms with Gasteiger partial charge in [0.2, 0.25) is 0 Å². The number of aromatic amines is 1. The fourth-order valence-corrected chi connectivity index (χ4v) is 4.40. The number of aliphatic hydroxyl groups is 1. The SMILES string of the molecule is Cc1ccc(O[C@@H]2C[C@@H]3CN(C(=O)c4ccc[nH]c4=O)C[C@@H]3C[C@H]2O)c(C)n1. The molecule has 2 fully saturated rings. The molecule has 28 heavy (non-hydrogen) atoms. The van der Waals surface area contributed by atoms with Gasteiger partial charge in [-0.2, -0.15) is 0 Å². The van der Waals surface area contributed by atoms with Gasteiger partial charge in [-0.15, -0.1) is 0 Å². The van der Waals surface area contributed by atoms with Crippen LogP contribution in [0.15, 0.2) is 35.3 Å². The summed E-state index contributed by atoms with van der Waals surface area (Å²) in [5.41, 5.74) is 1.53. The first-order valence-corrected chi connectivity index (χ1v) is 9.68. The van der Waals surface area contributed by atoms with E-state index in [-0.39, 0.29) is 35.0 Å². The zero-order chi connectivity index (χ0) is 19.8. The first-order chi connectivity index (χ1) is 13.4. The number of nitrogens with zero attached hydrogens (tertiary/aromatic N) is 2. The quantitative estimate of drug-likeness (QED) is 0.841. The minimum Gasteiger partial charge on any atom is -0.486 e. The lowest BCUT2D eigenvalue weighted by Gasteiger charge is -2.35. The molecule has 7 heteroatoms. The Hall–Kier alpha value is -2.67. The second kappa shape index (κ2) is 7.39. The first kappa shape index (κ1) is 18.7. The van der Waals surface area contributed by atoms with E-state index >= 15 is 0 Å². The highest BCUT2D eigenvalue weighted by molar-refractivity contribution is 5.94. The minimum absolute atomic E-state index is 0.163. The van der Waals surface area contributed by atoms with Gasteiger partial charge in [-0.3, -0.25) is 14.6 Å². The molecule has 0 unspecified atom stereocenters. The standard InChI is InChI=1S/C21H25N3O4/c1-12-5-6-18(13(2)23-12)28-19-9-15-11-24(10-14(15)8-17(19)25)21(27)16-4-3-7-22-20(16)26/h3-7,14-15,17,19,25H,8-11H2,1-2H3,(H,22,26)/t14-,15+,17+,19+/m0/s1. The second-order valence-electron chi connectivity index (χ2n) is 7.87. The molecule has 2 aromatic heterocycles. The number of likely N-dealkylation sites (tertiary alicyclic amines) is 1. The maximum atomic E-state index is 12.7. The topological polar surface area (TPSA) is 95.5 Å². The molecule has 0 bridgehead atoms. The highest BCUT2D eigenvalue weighted by Crippen LogP contribution is 2.38. The van der Waals surface area contributed by atoms with Crippen molar-refractivity contribution >= 4 is 5.91 Å². The van der Waals surface area contributed by atoms with Crippen molar-refractivity contribution in [2.75, 3.05) is 13.1 Å². The van der Waals surface area contributed by atoms with Gasteiger partial charge in [0.1, 0.15) is 17.4 Å². The van der Waals surface area contributed by atoms with Crippen molar-refractivity contribution in [1.82, 2.24) is 14.9 Å². The molecule has 4 atom stereocenters. The van der Waals surface area contributed by atoms with Crippen molar-refractivity contribution in [3.8, 4) is 5.75 Å². The number of hydrogen-bond acceptors (Lipinski definition) is 5. The predicted octanol–water partition coefficient (Wildman–Crippen LogP) is 1.68. The van der Waals surface area contributed by atoms with Gasteiger partial charge in [-0.05, 0) is 62.8 Å². The van der Waals surface area contributed by atoms with E-state index in [9.17, 15) is 14.7 Å². The lowest BCUT2D eigenvalue weighted by Crippen LogP contribution is -2.42. The first-order valence-electron chi connectivity index (χ1n) is 9.68. The molecule has 1 amide bonds. The number of amides is 1. The summed E-state index contributed by atoms with van der Waals surface area (Å²) in [5.74, 6) is 0.911. The van der Waals surface area contributed by atoms with Gasteiger partial charge >= 0.3 is 0 Å². The van der Waals surface area contributed by atoms with Crippen LogP contribution < -0.4 is 10.3 Å². The Balaban J connectivity index is 1.46. The van der Waals surface area contributed by atoms with Crippen LogP contribution in [0, 0.1) is 25.7 Å². The summed E-state index contributed by atoms with van der Waals surface area (Å²) in [6.45, 7) is 4.97. The largest absolute Gasteiger partial charge is 0.486 e. The van der Waals surface area contributed by atoms with E-state index < -0.39 is 6.10 Å². The molecule has 1 saturated carbocycles. The molecule has 1 saturated heterocycles. The van der Waals surface area contributed by atoms with E-state index in [2.05, 4.69) is 9.97 Å². The number of aromatic nitrogens is 2. The van der Waals surface area contributed by atoms with Gasteiger partial charge in [-0.25, -0.2) is 0 Å². The fourth-order valence-electron chi connectivity index (χ4n) is 4.40. The number of H-pyrrole nitrogens is 1. The normalized spacial score (nSPS) is 26.8. The summed E-state index contributed by atoms with van der Waals surface area (Å²) in [4.78, 5) is 33.4. The van der Waals surface area contributed by atoms with Gasteiger partial charge in [-0.1, -0.05) is 0 Å². The predicted molar refractivity (Wildman–Crippen MR) is 103 cm³/mol. The van der Waals surface area contributed by atoms with Crippen molar-refractivity contribution in [3.63, 3.8) is 0 Å². The molecule has 7 nitrogen and oxygen atoms in total. The molecule has 1 aliphatic carbocycles. The molecule has 2 aliphatic rings. The third kappa shape index (κ3) is 3.54. The van der Waals surface area contributed by atoms with Crippen LogP contribution in [-0.4, -0.2) is 51.2 Å². The van der Waals surface area contributed by atoms with E-state index in [0.29, 0.717) is 31.7 Å². The van der Waals surface area contributed by atoms with Crippen LogP contribution in [0.1, 0.15) is 34.6 Å². The highest BCUT2D eigenvalue weighted by Gasteiger charge is 2.44. The molecule has 148 valence electrons. The van der Waals surface area contributed by atoms with Crippen LogP contribution in [-0.2, 0) is 0 Å². The molecule has 2 N–H and O–H groups in total. The molecular weight excluding hydrogens is 358 g/mol. The summed E-state index contributed by atoms with van der Waals surface area (Å²) in [7, 11) is 0. The minimum atomic E-state index is -0.586. The van der Waals surface area contributed by atoms with E-state index in [4.69, 9.17) is 4.74 Å². The van der Waals surface area contributed by atoms with Crippen molar-refractivity contribution in [2.45, 2.75) is 38.9 Å². The van der Waals surface area contributed by atoms with Gasteiger partial charge in [0.15, 0.2) is 0 Å². The van der Waals surface area contributed by atoms with Crippen LogP contribution in [0.2, 0.25) is 0 Å². The summed E-state index contributed by atoms with van der Waals surface area (Å²) in [5, 5.41) is 10.6. The Morgan fingerprint density at radius 3 is 2.68 bits per heavy atom. The third-order valence-corrected chi connectivity index (χ3v) is 5.88. The average Bonchev–Trinajstić information content (AvgIpc) is 3.06. The van der Waals surface area contributed by atoms with Crippen molar-refractivity contribution in [2.24, 2.45) is 11.8 Å². The van der Waals surface area contributed by atoms with Gasteiger partial charge in [0, 0.05) is 25.0 Å². The van der Waals surface area contributed by atoms with E-state index in [1.54, 1.807) is 17.0 Å². The van der Waals surface area contributed by atoms with Crippen LogP contribution >= 0.6 is 0 Å². The number of ether oxygens (including phenoxy) is 1. The number of hydrogen-bond donors (Lipinski definition) is 2. The second-order valence-corrected chi connectivity index (χ2v) is 7.87. The molecule has 3 heterocycles. The molecule has 1 aliphatic heterocycles. The number of nitrogens with one attached hydrogen (secondary N) is 1. The molecule has 4 rings (SSSR count). The Labute approximate surface area is 163 Å². The van der Waals surface area contributed by atoms with Crippen LogP contribution in [0.4, 0.5) is 0 Å². The van der Waals surface area contributed by atoms with Crippen molar-refractivity contribution in [1.29, 1.82) is 0 Å². The molecule has 0 spiro atoms. The van der Waals surface area contributed by atoms with Crippen LogP contribution in [0.3, 0.4) is 0 Å². The van der Waals surface area contributed by atoms with E-state index in [1.165, 1.54) is 6.20 Å². The third-order valence-electron chi connectivity index (χ3n) is 5.88. The Morgan fingerprint density at radius 2 is 1.96 bits per heavy atom. The fraction of sp³-hybridized carbons (Fsp3) is 0.476. The number of carbonyl (C=O) groups is 1.